The van der Waals surface area contributed by atoms with Crippen molar-refractivity contribution >= 4 is 23.3 Å². The van der Waals surface area contributed by atoms with E-state index in [2.05, 4.69) is 36.1 Å². The van der Waals surface area contributed by atoms with Crippen LogP contribution in [-0.2, 0) is 4.79 Å². The average molecular weight is 436 g/mol. The number of aliphatic hydroxyl groups excluding tert-OH is 1. The molecule has 1 aromatic carbocycles. The molecular formula is C25H38ClNO3. The zero-order valence-corrected chi connectivity index (χ0v) is 19.1. The number of carboxylic acids is 1. The van der Waals surface area contributed by atoms with E-state index in [1.54, 1.807) is 0 Å². The third-order valence-electron chi connectivity index (χ3n) is 7.32. The second-order valence-electron chi connectivity index (χ2n) is 9.37. The first-order chi connectivity index (χ1) is 14.5. The molecule has 2 aliphatic rings. The van der Waals surface area contributed by atoms with E-state index in [1.807, 2.05) is 0 Å². The molecule has 1 aromatic rings. The van der Waals surface area contributed by atoms with Gasteiger partial charge in [0.25, 0.3) is 0 Å². The number of carbonyl (C=O) groups is 1. The molecule has 4 nitrogen and oxygen atoms in total. The number of hydrogen-bond acceptors (Lipinski definition) is 3. The Bertz CT molecular complexity index is 673. The van der Waals surface area contributed by atoms with Crippen LogP contribution in [-0.4, -0.2) is 34.1 Å². The van der Waals surface area contributed by atoms with E-state index in [0.29, 0.717) is 6.04 Å². The highest BCUT2D eigenvalue weighted by molar-refractivity contribution is 6.21. The summed E-state index contributed by atoms with van der Waals surface area (Å²) in [6.45, 7) is 3.18. The largest absolute Gasteiger partial charge is 0.481 e. The standard InChI is InChI=1S/C25H38ClNO3/c1-2-15-25(16-7-17-25)24(30)19-10-12-20(13-11-19)27-18-14-21(26)22(27)8-5-3-4-6-9-23(28)29/h10-13,21-22,24,30H,2-9,14-18H2,1H3,(H,28,29). The Morgan fingerprint density at radius 2 is 1.90 bits per heavy atom. The Morgan fingerprint density at radius 3 is 2.50 bits per heavy atom. The topological polar surface area (TPSA) is 60.8 Å². The summed E-state index contributed by atoms with van der Waals surface area (Å²) in [6, 6.07) is 8.87. The van der Waals surface area contributed by atoms with Gasteiger partial charge >= 0.3 is 5.97 Å². The summed E-state index contributed by atoms with van der Waals surface area (Å²) in [5, 5.41) is 19.9. The third-order valence-corrected chi connectivity index (χ3v) is 7.83. The van der Waals surface area contributed by atoms with Crippen LogP contribution >= 0.6 is 11.6 Å². The highest BCUT2D eigenvalue weighted by atomic mass is 35.5. The van der Waals surface area contributed by atoms with Crippen LogP contribution < -0.4 is 4.90 Å². The van der Waals surface area contributed by atoms with E-state index in [-0.39, 0.29) is 23.3 Å². The summed E-state index contributed by atoms with van der Waals surface area (Å²) in [4.78, 5) is 13.0. The van der Waals surface area contributed by atoms with Gasteiger partial charge in [0, 0.05) is 30.1 Å². The van der Waals surface area contributed by atoms with E-state index in [9.17, 15) is 9.90 Å². The summed E-state index contributed by atoms with van der Waals surface area (Å²) < 4.78 is 0. The van der Waals surface area contributed by atoms with Crippen molar-refractivity contribution in [2.75, 3.05) is 11.4 Å². The molecule has 3 unspecified atom stereocenters. The summed E-state index contributed by atoms with van der Waals surface area (Å²) in [5.41, 5.74) is 2.33. The van der Waals surface area contributed by atoms with Gasteiger partial charge in [0.1, 0.15) is 0 Å². The number of halogens is 1. The van der Waals surface area contributed by atoms with Gasteiger partial charge in [-0.15, -0.1) is 11.6 Å². The van der Waals surface area contributed by atoms with Crippen LogP contribution in [0.1, 0.15) is 95.6 Å². The van der Waals surface area contributed by atoms with Crippen molar-refractivity contribution in [1.29, 1.82) is 0 Å². The zero-order chi connectivity index (χ0) is 21.6. The van der Waals surface area contributed by atoms with Gasteiger partial charge in [-0.05, 0) is 56.2 Å². The number of anilines is 1. The molecule has 0 spiro atoms. The van der Waals surface area contributed by atoms with E-state index in [4.69, 9.17) is 16.7 Å². The van der Waals surface area contributed by atoms with Crippen LogP contribution in [0.2, 0.25) is 0 Å². The fourth-order valence-electron chi connectivity index (χ4n) is 5.45. The number of carboxylic acid groups (broad SMARTS) is 1. The van der Waals surface area contributed by atoms with E-state index < -0.39 is 5.97 Å². The molecule has 1 saturated carbocycles. The van der Waals surface area contributed by atoms with Gasteiger partial charge < -0.3 is 15.1 Å². The van der Waals surface area contributed by atoms with Crippen molar-refractivity contribution in [1.82, 2.24) is 0 Å². The predicted molar refractivity (Wildman–Crippen MR) is 123 cm³/mol. The first-order valence-electron chi connectivity index (χ1n) is 11.9. The van der Waals surface area contributed by atoms with Gasteiger partial charge in [-0.2, -0.15) is 0 Å². The number of alkyl halides is 1. The van der Waals surface area contributed by atoms with Gasteiger partial charge in [-0.25, -0.2) is 0 Å². The highest BCUT2D eigenvalue weighted by Gasteiger charge is 2.43. The third kappa shape index (κ3) is 5.50. The van der Waals surface area contributed by atoms with Crippen molar-refractivity contribution in [3.63, 3.8) is 0 Å². The van der Waals surface area contributed by atoms with E-state index >= 15 is 0 Å². The van der Waals surface area contributed by atoms with Crippen molar-refractivity contribution in [3.8, 4) is 0 Å². The summed E-state index contributed by atoms with van der Waals surface area (Å²) >= 11 is 6.65. The molecule has 3 rings (SSSR count). The minimum Gasteiger partial charge on any atom is -0.481 e. The second kappa shape index (κ2) is 10.9. The molecule has 1 aliphatic carbocycles. The molecule has 0 amide bonds. The second-order valence-corrected chi connectivity index (χ2v) is 9.93. The molecular weight excluding hydrogens is 398 g/mol. The van der Waals surface area contributed by atoms with E-state index in [0.717, 1.165) is 76.3 Å². The Kier molecular flexibility index (Phi) is 8.47. The first-order valence-corrected chi connectivity index (χ1v) is 12.3. The van der Waals surface area contributed by atoms with Crippen molar-refractivity contribution in [2.45, 2.75) is 101 Å². The first kappa shape index (κ1) is 23.4. The minimum absolute atomic E-state index is 0.0916. The van der Waals surface area contributed by atoms with Gasteiger partial charge in [0.05, 0.1) is 11.5 Å². The van der Waals surface area contributed by atoms with Crippen LogP contribution in [0.5, 0.6) is 0 Å². The summed E-state index contributed by atoms with van der Waals surface area (Å²) in [7, 11) is 0. The van der Waals surface area contributed by atoms with Crippen molar-refractivity contribution in [3.05, 3.63) is 29.8 Å². The Morgan fingerprint density at radius 1 is 1.20 bits per heavy atom. The van der Waals surface area contributed by atoms with Crippen LogP contribution in [0.25, 0.3) is 0 Å². The van der Waals surface area contributed by atoms with Crippen LogP contribution in [0.15, 0.2) is 24.3 Å². The molecule has 1 saturated heterocycles. The molecule has 2 fully saturated rings. The maximum Gasteiger partial charge on any atom is 0.303 e. The van der Waals surface area contributed by atoms with Crippen molar-refractivity contribution < 1.29 is 15.0 Å². The molecule has 5 heteroatoms. The van der Waals surface area contributed by atoms with Crippen LogP contribution in [0.4, 0.5) is 5.69 Å². The lowest BCUT2D eigenvalue weighted by Crippen LogP contribution is -2.36. The number of hydrogen-bond donors (Lipinski definition) is 2. The fraction of sp³-hybridized carbons (Fsp3) is 0.720. The quantitative estimate of drug-likeness (QED) is 0.298. The molecule has 1 heterocycles. The number of benzene rings is 1. The molecule has 2 N–H and O–H groups in total. The van der Waals surface area contributed by atoms with Gasteiger partial charge in [-0.3, -0.25) is 4.79 Å². The average Bonchev–Trinajstić information content (AvgIpc) is 3.07. The van der Waals surface area contributed by atoms with Crippen LogP contribution in [0, 0.1) is 5.41 Å². The highest BCUT2D eigenvalue weighted by Crippen LogP contribution is 2.53. The van der Waals surface area contributed by atoms with Crippen molar-refractivity contribution in [2.24, 2.45) is 5.41 Å². The molecule has 168 valence electrons. The smallest absolute Gasteiger partial charge is 0.303 e. The molecule has 0 aromatic heterocycles. The Balaban J connectivity index is 1.55. The minimum atomic E-state index is -0.704. The molecule has 0 radical (unpaired) electrons. The maximum atomic E-state index is 11.0. The normalized spacial score (nSPS) is 23.9. The predicted octanol–water partition coefficient (Wildman–Crippen LogP) is 6.30. The van der Waals surface area contributed by atoms with Gasteiger partial charge in [-0.1, -0.05) is 51.2 Å². The van der Waals surface area contributed by atoms with Crippen LogP contribution in [0.3, 0.4) is 0 Å². The van der Waals surface area contributed by atoms with Gasteiger partial charge in [0.15, 0.2) is 0 Å². The van der Waals surface area contributed by atoms with E-state index in [1.165, 1.54) is 12.1 Å². The zero-order valence-electron chi connectivity index (χ0n) is 18.4. The number of aliphatic carboxylic acids is 1. The SMILES string of the molecule is CCCC1(C(O)c2ccc(N3CCC(Cl)C3CCCCCCC(=O)O)cc2)CCC1. The molecule has 30 heavy (non-hydrogen) atoms. The molecule has 0 bridgehead atoms. The van der Waals surface area contributed by atoms with Gasteiger partial charge in [0.2, 0.25) is 0 Å². The fourth-order valence-corrected chi connectivity index (χ4v) is 5.81. The Hall–Kier alpha value is -1.26. The number of rotatable bonds is 12. The lowest BCUT2D eigenvalue weighted by atomic mass is 9.61. The lowest BCUT2D eigenvalue weighted by Gasteiger charge is -2.46. The monoisotopic (exact) mass is 435 g/mol. The summed E-state index contributed by atoms with van der Waals surface area (Å²) in [5.74, 6) is -0.704. The molecule has 3 atom stereocenters. The Labute approximate surface area is 186 Å². The summed E-state index contributed by atoms with van der Waals surface area (Å²) in [6.07, 6.45) is 11.6. The molecule has 1 aliphatic heterocycles. The number of unbranched alkanes of at least 4 members (excludes halogenated alkanes) is 3. The number of nitrogens with zero attached hydrogens (tertiary/aromatic N) is 1. The lowest BCUT2D eigenvalue weighted by molar-refractivity contribution is -0.137. The maximum absolute atomic E-state index is 11.0. The number of aliphatic hydroxyl groups is 1.